The third-order valence-electron chi connectivity index (χ3n) is 5.23. The molecule has 1 N–H and O–H groups in total. The lowest BCUT2D eigenvalue weighted by Gasteiger charge is -2.47. The molecule has 0 radical (unpaired) electrons. The lowest BCUT2D eigenvalue weighted by Crippen LogP contribution is -2.64. The number of nitrogens with zero attached hydrogens (tertiary/aromatic N) is 3. The Kier molecular flexibility index (Phi) is 4.34. The molecule has 2 saturated heterocycles. The van der Waals surface area contributed by atoms with Gasteiger partial charge in [0.25, 0.3) is 5.91 Å². The van der Waals surface area contributed by atoms with Gasteiger partial charge in [0.1, 0.15) is 11.4 Å². The number of urea groups is 1. The first kappa shape index (κ1) is 18.2. The Morgan fingerprint density at radius 2 is 1.74 bits per heavy atom. The molecular formula is C17H23FN4O5. The van der Waals surface area contributed by atoms with E-state index in [1.165, 1.54) is 4.90 Å². The molecule has 1 unspecified atom stereocenters. The van der Waals surface area contributed by atoms with E-state index in [4.69, 9.17) is 14.0 Å². The summed E-state index contributed by atoms with van der Waals surface area (Å²) in [5.41, 5.74) is -0.602. The van der Waals surface area contributed by atoms with Crippen LogP contribution >= 0.6 is 0 Å². The van der Waals surface area contributed by atoms with Crippen LogP contribution in [0.25, 0.3) is 0 Å². The number of aryl methyl sites for hydroxylation is 2. The number of alkyl halides is 1. The molecule has 4 rings (SSSR count). The summed E-state index contributed by atoms with van der Waals surface area (Å²) >= 11 is 0. The molecule has 9 nitrogen and oxygen atoms in total. The van der Waals surface area contributed by atoms with Gasteiger partial charge >= 0.3 is 6.03 Å². The maximum Gasteiger partial charge on any atom is 0.322 e. The molecule has 3 aliphatic rings. The quantitative estimate of drug-likeness (QED) is 0.826. The van der Waals surface area contributed by atoms with Crippen LogP contribution in [0.2, 0.25) is 0 Å². The molecule has 1 spiro atoms. The fourth-order valence-electron chi connectivity index (χ4n) is 3.50. The summed E-state index contributed by atoms with van der Waals surface area (Å²) in [5.74, 6) is -1.12. The number of hydrogen-bond acceptors (Lipinski definition) is 6. The first-order valence-corrected chi connectivity index (χ1v) is 9.07. The van der Waals surface area contributed by atoms with Crippen molar-refractivity contribution in [2.75, 3.05) is 44.7 Å². The van der Waals surface area contributed by atoms with Gasteiger partial charge in [-0.2, -0.15) is 0 Å². The molecule has 0 bridgehead atoms. The smallest absolute Gasteiger partial charge is 0.322 e. The number of halogens is 1. The number of aromatic nitrogens is 1. The molecule has 1 saturated carbocycles. The van der Waals surface area contributed by atoms with Crippen LogP contribution in [0.15, 0.2) is 4.52 Å². The van der Waals surface area contributed by atoms with E-state index in [1.807, 2.05) is 0 Å². The van der Waals surface area contributed by atoms with Crippen LogP contribution in [0.4, 0.5) is 14.9 Å². The first-order chi connectivity index (χ1) is 12.8. The fraction of sp³-hybridized carbons (Fsp3) is 0.706. The van der Waals surface area contributed by atoms with Crippen molar-refractivity contribution in [2.24, 2.45) is 0 Å². The lowest BCUT2D eigenvalue weighted by molar-refractivity contribution is -0.284. The van der Waals surface area contributed by atoms with Crippen molar-refractivity contribution < 1.29 is 28.0 Å². The standard InChI is InChI=1S/C17H23FN4O5/c1-11-13(12(2)27-20-11)19-15(24)22-6-8-26-17(10-22)9-21(5-7-25-17)14(23)16(18)3-4-16/h3-10H2,1-2H3,(H,19,24). The molecule has 1 aromatic heterocycles. The molecular weight excluding hydrogens is 359 g/mol. The Labute approximate surface area is 155 Å². The van der Waals surface area contributed by atoms with Crippen LogP contribution in [-0.2, 0) is 14.3 Å². The van der Waals surface area contributed by atoms with Crippen molar-refractivity contribution in [1.82, 2.24) is 15.0 Å². The summed E-state index contributed by atoms with van der Waals surface area (Å²) in [6, 6.07) is -0.330. The van der Waals surface area contributed by atoms with Crippen molar-refractivity contribution in [3.63, 3.8) is 0 Å². The van der Waals surface area contributed by atoms with Gasteiger partial charge in [0, 0.05) is 13.1 Å². The van der Waals surface area contributed by atoms with E-state index in [0.717, 1.165) is 0 Å². The first-order valence-electron chi connectivity index (χ1n) is 9.07. The maximum absolute atomic E-state index is 14.2. The van der Waals surface area contributed by atoms with Gasteiger partial charge in [-0.1, -0.05) is 5.16 Å². The molecule has 1 aromatic rings. The Morgan fingerprint density at radius 1 is 1.11 bits per heavy atom. The number of carbonyl (C=O) groups is 2. The van der Waals surface area contributed by atoms with Gasteiger partial charge in [0.05, 0.1) is 26.3 Å². The zero-order valence-corrected chi connectivity index (χ0v) is 15.4. The van der Waals surface area contributed by atoms with Crippen molar-refractivity contribution in [2.45, 2.75) is 38.1 Å². The zero-order chi connectivity index (χ0) is 19.2. The molecule has 1 atom stereocenters. The van der Waals surface area contributed by atoms with Crippen molar-refractivity contribution >= 4 is 17.6 Å². The van der Waals surface area contributed by atoms with Gasteiger partial charge in [0.15, 0.2) is 11.4 Å². The minimum absolute atomic E-state index is 0.104. The van der Waals surface area contributed by atoms with Gasteiger partial charge < -0.3 is 29.1 Å². The number of anilines is 1. The summed E-state index contributed by atoms with van der Waals surface area (Å²) in [6.07, 6.45) is 0.534. The molecule has 3 heterocycles. The Morgan fingerprint density at radius 3 is 2.33 bits per heavy atom. The Balaban J connectivity index is 1.44. The second-order valence-corrected chi connectivity index (χ2v) is 7.35. The van der Waals surface area contributed by atoms with E-state index in [2.05, 4.69) is 10.5 Å². The summed E-state index contributed by atoms with van der Waals surface area (Å²) in [6.45, 7) is 4.90. The average molecular weight is 382 g/mol. The number of nitrogens with one attached hydrogen (secondary N) is 1. The molecule has 10 heteroatoms. The van der Waals surface area contributed by atoms with Gasteiger partial charge in [-0.3, -0.25) is 4.79 Å². The second kappa shape index (κ2) is 6.45. The minimum Gasteiger partial charge on any atom is -0.359 e. The average Bonchev–Trinajstić information content (AvgIpc) is 3.34. The third kappa shape index (κ3) is 3.39. The maximum atomic E-state index is 14.2. The molecule has 1 aliphatic carbocycles. The van der Waals surface area contributed by atoms with E-state index in [9.17, 15) is 14.0 Å². The minimum atomic E-state index is -1.73. The van der Waals surface area contributed by atoms with E-state index in [0.29, 0.717) is 30.2 Å². The summed E-state index contributed by atoms with van der Waals surface area (Å²) < 4.78 is 30.8. The van der Waals surface area contributed by atoms with Crippen LogP contribution in [0.5, 0.6) is 0 Å². The van der Waals surface area contributed by atoms with Crippen molar-refractivity contribution in [3.05, 3.63) is 11.5 Å². The van der Waals surface area contributed by atoms with E-state index in [1.54, 1.807) is 18.7 Å². The lowest BCUT2D eigenvalue weighted by atomic mass is 10.1. The topological polar surface area (TPSA) is 97.1 Å². The summed E-state index contributed by atoms with van der Waals surface area (Å²) in [7, 11) is 0. The molecule has 0 aromatic carbocycles. The second-order valence-electron chi connectivity index (χ2n) is 7.35. The normalized spacial score (nSPS) is 26.9. The largest absolute Gasteiger partial charge is 0.359 e. The number of carbonyl (C=O) groups excluding carboxylic acids is 2. The number of rotatable bonds is 2. The third-order valence-corrected chi connectivity index (χ3v) is 5.23. The summed E-state index contributed by atoms with van der Waals surface area (Å²) in [5, 5.41) is 6.62. The number of hydrogen-bond donors (Lipinski definition) is 1. The molecule has 3 fully saturated rings. The van der Waals surface area contributed by atoms with Gasteiger partial charge in [-0.25, -0.2) is 9.18 Å². The number of amides is 3. The number of ether oxygens (including phenoxy) is 2. The van der Waals surface area contributed by atoms with E-state index in [-0.39, 0.29) is 45.2 Å². The van der Waals surface area contributed by atoms with E-state index >= 15 is 0 Å². The van der Waals surface area contributed by atoms with Gasteiger partial charge in [-0.15, -0.1) is 0 Å². The van der Waals surface area contributed by atoms with Crippen molar-refractivity contribution in [1.29, 1.82) is 0 Å². The molecule has 3 amide bonds. The van der Waals surface area contributed by atoms with E-state index < -0.39 is 17.4 Å². The highest BCUT2D eigenvalue weighted by Gasteiger charge is 2.55. The van der Waals surface area contributed by atoms with Crippen LogP contribution in [0.1, 0.15) is 24.3 Å². The Hall–Kier alpha value is -2.20. The Bertz CT molecular complexity index is 741. The predicted octanol–water partition coefficient (Wildman–Crippen LogP) is 1.21. The van der Waals surface area contributed by atoms with Crippen LogP contribution in [-0.4, -0.2) is 77.7 Å². The monoisotopic (exact) mass is 382 g/mol. The van der Waals surface area contributed by atoms with Gasteiger partial charge in [-0.05, 0) is 26.7 Å². The fourth-order valence-corrected chi connectivity index (χ4v) is 3.50. The van der Waals surface area contributed by atoms with Crippen LogP contribution in [0, 0.1) is 13.8 Å². The van der Waals surface area contributed by atoms with Crippen LogP contribution < -0.4 is 5.32 Å². The zero-order valence-electron chi connectivity index (χ0n) is 15.4. The number of morpholine rings is 2. The van der Waals surface area contributed by atoms with Crippen LogP contribution in [0.3, 0.4) is 0 Å². The molecule has 148 valence electrons. The molecule has 2 aliphatic heterocycles. The highest BCUT2D eigenvalue weighted by atomic mass is 19.1. The summed E-state index contributed by atoms with van der Waals surface area (Å²) in [4.78, 5) is 28.0. The van der Waals surface area contributed by atoms with Crippen molar-refractivity contribution in [3.8, 4) is 0 Å². The van der Waals surface area contributed by atoms with Gasteiger partial charge in [0.2, 0.25) is 5.79 Å². The highest BCUT2D eigenvalue weighted by Crippen LogP contribution is 2.42. The SMILES string of the molecule is Cc1noc(C)c1NC(=O)N1CCOC2(C1)CN(C(=O)C1(F)CC1)CCO2. The molecule has 27 heavy (non-hydrogen) atoms. The highest BCUT2D eigenvalue weighted by molar-refractivity contribution is 5.90. The predicted molar refractivity (Wildman–Crippen MR) is 90.9 cm³/mol.